The lowest BCUT2D eigenvalue weighted by molar-refractivity contribution is -0.188. The smallest absolute Gasteiger partial charge is 0.403 e. The standard InChI is InChI=1S/C8H7F3O3S2/c9-8(10,11)5(7(12)13)4-16(14)6-2-1-3-15-6/h1-3,5H,4H2,(H,12,13). The molecule has 0 aliphatic carbocycles. The maximum absolute atomic E-state index is 12.3. The van der Waals surface area contributed by atoms with Gasteiger partial charge in [0.25, 0.3) is 0 Å². The zero-order valence-electron chi connectivity index (χ0n) is 7.73. The minimum absolute atomic E-state index is 0.246. The molecule has 3 nitrogen and oxygen atoms in total. The Bertz CT molecular complexity index is 386. The van der Waals surface area contributed by atoms with Crippen LogP contribution >= 0.6 is 11.3 Å². The zero-order valence-corrected chi connectivity index (χ0v) is 9.36. The second kappa shape index (κ2) is 4.96. The molecule has 8 heteroatoms. The summed E-state index contributed by atoms with van der Waals surface area (Å²) in [5.74, 6) is -5.54. The third-order valence-corrected chi connectivity index (χ3v) is 4.46. The van der Waals surface area contributed by atoms with Crippen molar-refractivity contribution in [2.24, 2.45) is 5.92 Å². The van der Waals surface area contributed by atoms with Crippen LogP contribution in [0.15, 0.2) is 21.7 Å². The number of hydrogen-bond donors (Lipinski definition) is 1. The van der Waals surface area contributed by atoms with Crippen LogP contribution in [-0.4, -0.2) is 27.2 Å². The molecule has 0 aliphatic heterocycles. The molecular formula is C8H7F3O3S2. The first-order chi connectivity index (χ1) is 7.32. The minimum Gasteiger partial charge on any atom is -0.481 e. The van der Waals surface area contributed by atoms with Crippen LogP contribution in [0.25, 0.3) is 0 Å². The zero-order chi connectivity index (χ0) is 12.3. The van der Waals surface area contributed by atoms with E-state index in [2.05, 4.69) is 0 Å². The molecule has 16 heavy (non-hydrogen) atoms. The molecule has 2 unspecified atom stereocenters. The van der Waals surface area contributed by atoms with Crippen molar-refractivity contribution in [2.45, 2.75) is 10.4 Å². The van der Waals surface area contributed by atoms with Gasteiger partial charge in [-0.25, -0.2) is 0 Å². The second-order valence-corrected chi connectivity index (χ2v) is 5.55. The van der Waals surface area contributed by atoms with Crippen LogP contribution in [0.4, 0.5) is 13.2 Å². The minimum atomic E-state index is -4.88. The van der Waals surface area contributed by atoms with Crippen LogP contribution < -0.4 is 0 Å². The fourth-order valence-electron chi connectivity index (χ4n) is 0.932. The van der Waals surface area contributed by atoms with E-state index in [0.717, 1.165) is 11.3 Å². The monoisotopic (exact) mass is 272 g/mol. The van der Waals surface area contributed by atoms with Crippen molar-refractivity contribution in [2.75, 3.05) is 5.75 Å². The molecule has 0 radical (unpaired) electrons. The summed E-state index contributed by atoms with van der Waals surface area (Å²) in [5, 5.41) is 9.97. The average Bonchev–Trinajstić information content (AvgIpc) is 2.63. The average molecular weight is 272 g/mol. The molecule has 1 aromatic rings. The lowest BCUT2D eigenvalue weighted by atomic mass is 10.2. The Kier molecular flexibility index (Phi) is 4.09. The van der Waals surface area contributed by atoms with E-state index in [-0.39, 0.29) is 4.21 Å². The van der Waals surface area contributed by atoms with Crippen molar-refractivity contribution in [1.29, 1.82) is 0 Å². The summed E-state index contributed by atoms with van der Waals surface area (Å²) in [6.45, 7) is 0. The Labute approximate surface area is 95.4 Å². The van der Waals surface area contributed by atoms with Gasteiger partial charge in [-0.15, -0.1) is 11.3 Å². The Morgan fingerprint density at radius 2 is 2.19 bits per heavy atom. The van der Waals surface area contributed by atoms with E-state index in [1.54, 1.807) is 11.4 Å². The summed E-state index contributed by atoms with van der Waals surface area (Å²) in [4.78, 5) is 10.4. The molecule has 0 bridgehead atoms. The van der Waals surface area contributed by atoms with Crippen molar-refractivity contribution in [3.63, 3.8) is 0 Å². The largest absolute Gasteiger partial charge is 0.481 e. The SMILES string of the molecule is O=C(O)C(CS(=O)c1cccs1)C(F)(F)F. The van der Waals surface area contributed by atoms with Gasteiger partial charge in [0.15, 0.2) is 5.92 Å². The lowest BCUT2D eigenvalue weighted by Crippen LogP contribution is -2.34. The first-order valence-corrected chi connectivity index (χ1v) is 6.23. The van der Waals surface area contributed by atoms with Gasteiger partial charge < -0.3 is 5.11 Å². The summed E-state index contributed by atoms with van der Waals surface area (Å²) in [7, 11) is -1.93. The van der Waals surface area contributed by atoms with Crippen molar-refractivity contribution in [3.8, 4) is 0 Å². The fourth-order valence-corrected chi connectivity index (χ4v) is 3.21. The maximum Gasteiger partial charge on any atom is 0.403 e. The summed E-state index contributed by atoms with van der Waals surface area (Å²) >= 11 is 1.03. The number of carboxylic acids is 1. The molecule has 0 saturated heterocycles. The van der Waals surface area contributed by atoms with Crippen LogP contribution in [0.2, 0.25) is 0 Å². The molecule has 0 saturated carbocycles. The number of rotatable bonds is 4. The molecule has 1 rings (SSSR count). The Morgan fingerprint density at radius 1 is 1.56 bits per heavy atom. The highest BCUT2D eigenvalue weighted by Crippen LogP contribution is 2.29. The van der Waals surface area contributed by atoms with Gasteiger partial charge >= 0.3 is 12.1 Å². The third kappa shape index (κ3) is 3.31. The first kappa shape index (κ1) is 13.2. The lowest BCUT2D eigenvalue weighted by Gasteiger charge is -2.14. The number of thiophene rings is 1. The van der Waals surface area contributed by atoms with Gasteiger partial charge in [-0.1, -0.05) is 6.07 Å². The molecule has 1 N–H and O–H groups in total. The second-order valence-electron chi connectivity index (χ2n) is 2.88. The molecule has 2 atom stereocenters. The van der Waals surface area contributed by atoms with Crippen molar-refractivity contribution in [3.05, 3.63) is 17.5 Å². The fraction of sp³-hybridized carbons (Fsp3) is 0.375. The summed E-state index contributed by atoms with van der Waals surface area (Å²) in [6, 6.07) is 2.96. The molecule has 1 aromatic heterocycles. The summed E-state index contributed by atoms with van der Waals surface area (Å²) < 4.78 is 48.5. The van der Waals surface area contributed by atoms with Crippen molar-refractivity contribution < 1.29 is 27.3 Å². The molecule has 0 fully saturated rings. The van der Waals surface area contributed by atoms with Gasteiger partial charge in [0.2, 0.25) is 0 Å². The predicted molar refractivity (Wildman–Crippen MR) is 52.8 cm³/mol. The molecule has 0 aromatic carbocycles. The van der Waals surface area contributed by atoms with E-state index in [0.29, 0.717) is 0 Å². The van der Waals surface area contributed by atoms with Gasteiger partial charge in [-0.2, -0.15) is 13.2 Å². The number of alkyl halides is 3. The quantitative estimate of drug-likeness (QED) is 0.913. The topological polar surface area (TPSA) is 54.4 Å². The van der Waals surface area contributed by atoms with E-state index in [9.17, 15) is 22.2 Å². The normalized spacial score (nSPS) is 15.7. The van der Waals surface area contributed by atoms with E-state index >= 15 is 0 Å². The van der Waals surface area contributed by atoms with Gasteiger partial charge in [0.05, 0.1) is 20.8 Å². The van der Waals surface area contributed by atoms with Gasteiger partial charge in [-0.3, -0.25) is 9.00 Å². The van der Waals surface area contributed by atoms with Gasteiger partial charge in [0, 0.05) is 0 Å². The van der Waals surface area contributed by atoms with E-state index in [1.807, 2.05) is 0 Å². The highest BCUT2D eigenvalue weighted by Gasteiger charge is 2.46. The molecule has 0 aliphatic rings. The number of halogens is 3. The summed E-state index contributed by atoms with van der Waals surface area (Å²) in [5.41, 5.74) is 0. The van der Waals surface area contributed by atoms with Crippen LogP contribution in [0.5, 0.6) is 0 Å². The van der Waals surface area contributed by atoms with Crippen molar-refractivity contribution in [1.82, 2.24) is 0 Å². The predicted octanol–water partition coefficient (Wildman–Crippen LogP) is 2.12. The highest BCUT2D eigenvalue weighted by molar-refractivity contribution is 7.87. The van der Waals surface area contributed by atoms with Gasteiger partial charge in [0.1, 0.15) is 0 Å². The number of carbonyl (C=O) groups is 1. The van der Waals surface area contributed by atoms with Crippen LogP contribution in [0, 0.1) is 5.92 Å². The highest BCUT2D eigenvalue weighted by atomic mass is 32.2. The summed E-state index contributed by atoms with van der Waals surface area (Å²) in [6.07, 6.45) is -4.88. The van der Waals surface area contributed by atoms with Crippen LogP contribution in [0.3, 0.4) is 0 Å². The van der Waals surface area contributed by atoms with Crippen LogP contribution in [-0.2, 0) is 15.6 Å². The van der Waals surface area contributed by atoms with E-state index in [4.69, 9.17) is 5.11 Å². The first-order valence-electron chi connectivity index (χ1n) is 4.03. The molecule has 1 heterocycles. The molecule has 0 amide bonds. The number of hydrogen-bond acceptors (Lipinski definition) is 3. The molecule has 0 spiro atoms. The van der Waals surface area contributed by atoms with Crippen molar-refractivity contribution >= 4 is 28.1 Å². The van der Waals surface area contributed by atoms with E-state index < -0.39 is 34.6 Å². The van der Waals surface area contributed by atoms with E-state index in [1.165, 1.54) is 6.07 Å². The Balaban J connectivity index is 2.78. The molecular weight excluding hydrogens is 265 g/mol. The third-order valence-electron chi connectivity index (χ3n) is 1.73. The Hall–Kier alpha value is -0.890. The van der Waals surface area contributed by atoms with Gasteiger partial charge in [-0.05, 0) is 11.4 Å². The number of aliphatic carboxylic acids is 1. The van der Waals surface area contributed by atoms with Crippen LogP contribution in [0.1, 0.15) is 0 Å². The Morgan fingerprint density at radius 3 is 2.56 bits per heavy atom. The maximum atomic E-state index is 12.3. The number of carboxylic acid groups (broad SMARTS) is 1. The molecule has 90 valence electrons.